The van der Waals surface area contributed by atoms with E-state index in [0.29, 0.717) is 33.4 Å². The van der Waals surface area contributed by atoms with Gasteiger partial charge in [-0.05, 0) is 54.2 Å². The van der Waals surface area contributed by atoms with E-state index in [1.54, 1.807) is 0 Å². The molecule has 1 heterocycles. The second kappa shape index (κ2) is 11.1. The van der Waals surface area contributed by atoms with Crippen molar-refractivity contribution >= 4 is 0 Å². The molecule has 0 aliphatic carbocycles. The Kier molecular flexibility index (Phi) is 8.12. The number of benzene rings is 3. The molecule has 6 nitrogen and oxygen atoms in total. The van der Waals surface area contributed by atoms with Crippen LogP contribution in [0.1, 0.15) is 77.8 Å². The first kappa shape index (κ1) is 27.0. The number of ether oxygens (including phenoxy) is 3. The fourth-order valence-corrected chi connectivity index (χ4v) is 4.64. The lowest BCUT2D eigenvalue weighted by molar-refractivity contribution is 0.0929. The Labute approximate surface area is 219 Å². The van der Waals surface area contributed by atoms with Crippen LogP contribution < -0.4 is 0 Å². The van der Waals surface area contributed by atoms with Gasteiger partial charge in [0, 0.05) is 33.4 Å². The van der Waals surface area contributed by atoms with Crippen LogP contribution in [0.4, 0.5) is 0 Å². The largest absolute Gasteiger partial charge is 0.507 e. The van der Waals surface area contributed by atoms with Crippen molar-refractivity contribution in [2.45, 2.75) is 86.1 Å². The van der Waals surface area contributed by atoms with Gasteiger partial charge in [0.2, 0.25) is 0 Å². The topological polar surface area (TPSA) is 88.4 Å². The van der Waals surface area contributed by atoms with Gasteiger partial charge in [0.15, 0.2) is 0 Å². The molecule has 0 fully saturated rings. The maximum atomic E-state index is 11.1. The molecular weight excluding hydrogens is 468 g/mol. The predicted molar refractivity (Wildman–Crippen MR) is 143 cm³/mol. The Balaban J connectivity index is 1.76. The summed E-state index contributed by atoms with van der Waals surface area (Å²) in [5.74, 6) is 0.429. The van der Waals surface area contributed by atoms with Crippen molar-refractivity contribution in [3.05, 3.63) is 86.5 Å². The normalized spacial score (nSPS) is 15.2. The third kappa shape index (κ3) is 6.27. The van der Waals surface area contributed by atoms with Crippen molar-refractivity contribution in [2.75, 3.05) is 0 Å². The maximum absolute atomic E-state index is 11.1. The summed E-state index contributed by atoms with van der Waals surface area (Å²) in [5.41, 5.74) is 6.99. The Morgan fingerprint density at radius 3 is 1.24 bits per heavy atom. The van der Waals surface area contributed by atoms with Gasteiger partial charge in [0.25, 0.3) is 0 Å². The summed E-state index contributed by atoms with van der Waals surface area (Å²) >= 11 is 0. The number of rotatable bonds is 1. The minimum absolute atomic E-state index is 0.138. The van der Waals surface area contributed by atoms with Crippen molar-refractivity contribution in [1.29, 1.82) is 0 Å². The highest BCUT2D eigenvalue weighted by Crippen LogP contribution is 2.34. The summed E-state index contributed by atoms with van der Waals surface area (Å²) < 4.78 is 17.9. The maximum Gasteiger partial charge on any atom is 0.126 e. The molecule has 0 atom stereocenters. The lowest BCUT2D eigenvalue weighted by atomic mass is 9.85. The third-order valence-corrected chi connectivity index (χ3v) is 6.83. The van der Waals surface area contributed by atoms with E-state index in [1.165, 1.54) is 0 Å². The molecule has 6 bridgehead atoms. The van der Waals surface area contributed by atoms with E-state index in [9.17, 15) is 15.3 Å². The van der Waals surface area contributed by atoms with Crippen molar-refractivity contribution in [2.24, 2.45) is 0 Å². The van der Waals surface area contributed by atoms with Gasteiger partial charge in [-0.1, -0.05) is 45.4 Å². The second-order valence-electron chi connectivity index (χ2n) is 10.9. The van der Waals surface area contributed by atoms with Gasteiger partial charge in [-0.25, -0.2) is 0 Å². The Bertz CT molecular complexity index is 1270. The monoisotopic (exact) mass is 506 g/mol. The van der Waals surface area contributed by atoms with E-state index < -0.39 is 0 Å². The number of hydrogen-bond acceptors (Lipinski definition) is 6. The zero-order valence-corrected chi connectivity index (χ0v) is 22.5. The van der Waals surface area contributed by atoms with Crippen LogP contribution in [0.2, 0.25) is 0 Å². The molecule has 0 spiro atoms. The van der Waals surface area contributed by atoms with Gasteiger partial charge in [-0.3, -0.25) is 0 Å². The Morgan fingerprint density at radius 1 is 0.595 bits per heavy atom. The third-order valence-electron chi connectivity index (χ3n) is 6.83. The highest BCUT2D eigenvalue weighted by atomic mass is 16.5. The molecule has 37 heavy (non-hydrogen) atoms. The van der Waals surface area contributed by atoms with Crippen LogP contribution in [0.15, 0.2) is 36.4 Å². The minimum Gasteiger partial charge on any atom is -0.507 e. The molecule has 198 valence electrons. The van der Waals surface area contributed by atoms with Crippen molar-refractivity contribution < 1.29 is 29.5 Å². The molecule has 0 aromatic heterocycles. The quantitative estimate of drug-likeness (QED) is 0.352. The van der Waals surface area contributed by atoms with E-state index in [-0.39, 0.29) is 62.3 Å². The van der Waals surface area contributed by atoms with Crippen LogP contribution >= 0.6 is 0 Å². The minimum atomic E-state index is -0.138. The molecule has 0 saturated heterocycles. The van der Waals surface area contributed by atoms with Crippen molar-refractivity contribution in [3.63, 3.8) is 0 Å². The summed E-state index contributed by atoms with van der Waals surface area (Å²) in [4.78, 5) is 0. The zero-order chi connectivity index (χ0) is 26.7. The molecule has 0 saturated carbocycles. The van der Waals surface area contributed by atoms with E-state index in [1.807, 2.05) is 43.3 Å². The molecule has 4 rings (SSSR count). The molecule has 0 unspecified atom stereocenters. The van der Waals surface area contributed by atoms with Crippen molar-refractivity contribution in [1.82, 2.24) is 0 Å². The first-order chi connectivity index (χ1) is 17.6. The van der Waals surface area contributed by atoms with Crippen LogP contribution in [0.5, 0.6) is 17.2 Å². The van der Waals surface area contributed by atoms with E-state index in [0.717, 1.165) is 23.1 Å². The van der Waals surface area contributed by atoms with Gasteiger partial charge in [0.05, 0.1) is 39.6 Å². The molecule has 0 radical (unpaired) electrons. The SMILES string of the molecule is CCc1cc2c(O)c(c1)COCc1cc(C(C)(C)C)cc(c1O)COCc1cc(C)cc(c1O)COC2. The predicted octanol–water partition coefficient (Wildman–Crippen LogP) is 6.44. The number of phenols is 3. The number of aryl methyl sites for hydroxylation is 2. The van der Waals surface area contributed by atoms with Gasteiger partial charge >= 0.3 is 0 Å². The van der Waals surface area contributed by atoms with Crippen LogP contribution in [0.3, 0.4) is 0 Å². The van der Waals surface area contributed by atoms with Gasteiger partial charge in [-0.15, -0.1) is 0 Å². The van der Waals surface area contributed by atoms with Crippen LogP contribution in [0, 0.1) is 6.92 Å². The number of hydrogen-bond donors (Lipinski definition) is 3. The summed E-state index contributed by atoms with van der Waals surface area (Å²) in [6, 6.07) is 11.6. The number of aromatic hydroxyl groups is 3. The fraction of sp³-hybridized carbons (Fsp3) is 0.419. The van der Waals surface area contributed by atoms with Crippen molar-refractivity contribution in [3.8, 4) is 17.2 Å². The number of phenolic OH excluding ortho intramolecular Hbond substituents is 3. The van der Waals surface area contributed by atoms with Crippen LogP contribution in [-0.4, -0.2) is 15.3 Å². The molecule has 3 aromatic carbocycles. The van der Waals surface area contributed by atoms with E-state index in [2.05, 4.69) is 27.7 Å². The first-order valence-electron chi connectivity index (χ1n) is 12.8. The summed E-state index contributed by atoms with van der Waals surface area (Å²) in [7, 11) is 0. The zero-order valence-electron chi connectivity index (χ0n) is 22.5. The standard InChI is InChI=1S/C31H38O6/c1-6-20-9-23-15-35-13-21-7-19(2)8-22(28(21)32)14-36-17-25-11-27(31(3,4)5)12-26(30(25)34)18-37-16-24(10-20)29(23)33/h7-12,32-34H,6,13-18H2,1-5H3. The van der Waals surface area contributed by atoms with Gasteiger partial charge in [-0.2, -0.15) is 0 Å². The van der Waals surface area contributed by atoms with Gasteiger partial charge in [0.1, 0.15) is 17.2 Å². The van der Waals surface area contributed by atoms with Crippen LogP contribution in [0.25, 0.3) is 0 Å². The molecule has 0 amide bonds. The second-order valence-corrected chi connectivity index (χ2v) is 10.9. The smallest absolute Gasteiger partial charge is 0.126 e. The lowest BCUT2D eigenvalue weighted by Crippen LogP contribution is -2.13. The molecule has 3 aromatic rings. The van der Waals surface area contributed by atoms with E-state index >= 15 is 0 Å². The fourth-order valence-electron chi connectivity index (χ4n) is 4.64. The Hall–Kier alpha value is -3.06. The average Bonchev–Trinajstić information content (AvgIpc) is 2.84. The molecule has 6 heteroatoms. The molecule has 3 N–H and O–H groups in total. The lowest BCUT2D eigenvalue weighted by Gasteiger charge is -2.23. The number of fused-ring (bicyclic) bond motifs is 6. The van der Waals surface area contributed by atoms with Gasteiger partial charge < -0.3 is 29.5 Å². The summed E-state index contributed by atoms with van der Waals surface area (Å²) in [5, 5.41) is 32.9. The molecule has 1 aliphatic rings. The van der Waals surface area contributed by atoms with E-state index in [4.69, 9.17) is 14.2 Å². The summed E-state index contributed by atoms with van der Waals surface area (Å²) in [6.45, 7) is 11.5. The summed E-state index contributed by atoms with van der Waals surface area (Å²) in [6.07, 6.45) is 0.806. The Morgan fingerprint density at radius 2 is 0.919 bits per heavy atom. The molecule has 1 aliphatic heterocycles. The highest BCUT2D eigenvalue weighted by molar-refractivity contribution is 5.47. The van der Waals surface area contributed by atoms with Crippen LogP contribution in [-0.2, 0) is 65.7 Å². The average molecular weight is 507 g/mol. The molecular formula is C31H38O6. The highest BCUT2D eigenvalue weighted by Gasteiger charge is 2.20. The first-order valence-corrected chi connectivity index (χ1v) is 12.8.